The van der Waals surface area contributed by atoms with Crippen LogP contribution in [0.5, 0.6) is 11.5 Å². The maximum atomic E-state index is 12.8. The van der Waals surface area contributed by atoms with Crippen LogP contribution in [0.1, 0.15) is 49.5 Å². The van der Waals surface area contributed by atoms with Crippen molar-refractivity contribution in [2.24, 2.45) is 11.5 Å². The van der Waals surface area contributed by atoms with E-state index >= 15 is 0 Å². The molecule has 0 aliphatic carbocycles. The molecule has 0 bridgehead atoms. The molecule has 200 valence electrons. The first-order valence-electron chi connectivity index (χ1n) is 12.4. The predicted molar refractivity (Wildman–Crippen MR) is 135 cm³/mol. The standard InChI is InChI=1S/C27H34N4O5.ClH/c1-3-34-26(33)25(36-24-9-4-19-10-13-31(27(28)29)17-21(19)16-24)20-5-7-22(8-6-20)35-23-11-14-30(15-12-23)18(2)32;/h4-9,16,23,25H,3,10-15,17H2,1-2H3,(H3,28,29);1H. The van der Waals surface area contributed by atoms with E-state index in [1.54, 1.807) is 13.8 Å². The highest BCUT2D eigenvalue weighted by Crippen LogP contribution is 2.29. The molecule has 0 aromatic heterocycles. The summed E-state index contributed by atoms with van der Waals surface area (Å²) in [6.07, 6.45) is 1.56. The van der Waals surface area contributed by atoms with Gasteiger partial charge in [-0.3, -0.25) is 20.8 Å². The Morgan fingerprint density at radius 2 is 1.73 bits per heavy atom. The highest BCUT2D eigenvalue weighted by Gasteiger charge is 2.26. The number of hydrogen-bond acceptors (Lipinski definition) is 5. The Balaban J connectivity index is 0.00000380. The van der Waals surface area contributed by atoms with E-state index in [9.17, 15) is 9.59 Å². The lowest BCUT2D eigenvalue weighted by atomic mass is 10.0. The number of carbonyl (C=O) groups is 2. The number of guanidine groups is 1. The summed E-state index contributed by atoms with van der Waals surface area (Å²) >= 11 is 0. The average Bonchev–Trinajstić information content (AvgIpc) is 2.88. The van der Waals surface area contributed by atoms with Gasteiger partial charge in [-0.05, 0) is 42.3 Å². The number of piperidine rings is 1. The van der Waals surface area contributed by atoms with Crippen LogP contribution in [-0.2, 0) is 27.3 Å². The fourth-order valence-corrected chi connectivity index (χ4v) is 4.64. The molecule has 2 aromatic rings. The minimum Gasteiger partial charge on any atom is -1.00 e. The zero-order chi connectivity index (χ0) is 25.7. The maximum Gasteiger partial charge on any atom is 0.352 e. The number of carbonyl (C=O) groups excluding carboxylic acids is 2. The summed E-state index contributed by atoms with van der Waals surface area (Å²) in [6.45, 7) is 6.38. The topological polar surface area (TPSA) is 120 Å². The molecule has 2 heterocycles. The zero-order valence-corrected chi connectivity index (χ0v) is 22.1. The van der Waals surface area contributed by atoms with Crippen LogP contribution in [0.15, 0.2) is 42.5 Å². The molecular weight excluding hydrogens is 496 g/mol. The quantitative estimate of drug-likeness (QED) is 0.270. The molecule has 0 saturated carbocycles. The lowest BCUT2D eigenvalue weighted by Crippen LogP contribution is -3.00. The second-order valence-corrected chi connectivity index (χ2v) is 9.17. The summed E-state index contributed by atoms with van der Waals surface area (Å²) in [5, 5.41) is 0. The minimum atomic E-state index is -0.915. The number of rotatable bonds is 7. The third-order valence-corrected chi connectivity index (χ3v) is 6.68. The number of benzene rings is 2. The van der Waals surface area contributed by atoms with Crippen molar-refractivity contribution in [3.05, 3.63) is 59.2 Å². The molecule has 0 radical (unpaired) electrons. The number of nitrogens with two attached hydrogens (primary N) is 2. The van der Waals surface area contributed by atoms with E-state index in [0.717, 1.165) is 31.4 Å². The van der Waals surface area contributed by atoms with Crippen molar-refractivity contribution in [2.75, 3.05) is 26.2 Å². The van der Waals surface area contributed by atoms with Crippen molar-refractivity contribution in [1.82, 2.24) is 4.90 Å². The van der Waals surface area contributed by atoms with Gasteiger partial charge in [0.2, 0.25) is 12.0 Å². The van der Waals surface area contributed by atoms with Gasteiger partial charge in [0.05, 0.1) is 19.7 Å². The SMILES string of the molecule is CCOC(=O)C(Oc1ccc2c(c1)C[N+](=C(N)N)CC2)c1ccc(OC2CCN(C(C)=O)CC2)cc1.[Cl-]. The van der Waals surface area contributed by atoms with E-state index < -0.39 is 12.1 Å². The van der Waals surface area contributed by atoms with Crippen LogP contribution in [0.25, 0.3) is 0 Å². The Kier molecular flexibility index (Phi) is 9.63. The van der Waals surface area contributed by atoms with Crippen molar-refractivity contribution in [2.45, 2.75) is 51.9 Å². The molecule has 4 rings (SSSR count). The Morgan fingerprint density at radius 1 is 1.05 bits per heavy atom. The van der Waals surface area contributed by atoms with Crippen LogP contribution in [0, 0.1) is 0 Å². The molecule has 1 saturated heterocycles. The number of hydrogen-bond donors (Lipinski definition) is 2. The number of fused-ring (bicyclic) bond motifs is 1. The Hall–Kier alpha value is -3.46. The predicted octanol–water partition coefficient (Wildman–Crippen LogP) is -0.894. The highest BCUT2D eigenvalue weighted by atomic mass is 35.5. The van der Waals surface area contributed by atoms with E-state index in [2.05, 4.69) is 0 Å². The number of esters is 1. The smallest absolute Gasteiger partial charge is 0.352 e. The van der Waals surface area contributed by atoms with Crippen molar-refractivity contribution >= 4 is 17.8 Å². The molecule has 37 heavy (non-hydrogen) atoms. The van der Waals surface area contributed by atoms with Crippen molar-refractivity contribution < 1.29 is 40.8 Å². The van der Waals surface area contributed by atoms with Gasteiger partial charge in [0.1, 0.15) is 17.6 Å². The van der Waals surface area contributed by atoms with Crippen LogP contribution >= 0.6 is 0 Å². The number of likely N-dealkylation sites (tertiary alicyclic amines) is 1. The van der Waals surface area contributed by atoms with Crippen LogP contribution < -0.4 is 33.3 Å². The largest absolute Gasteiger partial charge is 1.00 e. The molecule has 1 unspecified atom stereocenters. The lowest BCUT2D eigenvalue weighted by Gasteiger charge is -2.31. The third kappa shape index (κ3) is 7.07. The van der Waals surface area contributed by atoms with Gasteiger partial charge in [0.15, 0.2) is 0 Å². The molecule has 4 N–H and O–H groups in total. The first kappa shape index (κ1) is 28.1. The number of ether oxygens (including phenoxy) is 3. The molecule has 0 spiro atoms. The van der Waals surface area contributed by atoms with Crippen molar-refractivity contribution in [1.29, 1.82) is 0 Å². The normalized spacial score (nSPS) is 16.2. The highest BCUT2D eigenvalue weighted by molar-refractivity contribution is 5.77. The molecule has 10 heteroatoms. The molecule has 1 atom stereocenters. The summed E-state index contributed by atoms with van der Waals surface area (Å²) in [7, 11) is 0. The summed E-state index contributed by atoms with van der Waals surface area (Å²) in [6, 6.07) is 13.2. The van der Waals surface area contributed by atoms with E-state index in [1.807, 2.05) is 51.9 Å². The monoisotopic (exact) mass is 530 g/mol. The second kappa shape index (κ2) is 12.7. The fraction of sp³-hybridized carbons (Fsp3) is 0.444. The molecule has 2 aliphatic heterocycles. The van der Waals surface area contributed by atoms with E-state index in [-0.39, 0.29) is 31.0 Å². The zero-order valence-electron chi connectivity index (χ0n) is 21.3. The molecule has 9 nitrogen and oxygen atoms in total. The summed E-state index contributed by atoms with van der Waals surface area (Å²) in [5.41, 5.74) is 14.5. The van der Waals surface area contributed by atoms with Crippen LogP contribution in [0.2, 0.25) is 0 Å². The molecule has 1 amide bonds. The molecular formula is C27H35ClN4O5. The lowest BCUT2D eigenvalue weighted by molar-refractivity contribution is -0.549. The van der Waals surface area contributed by atoms with Gasteiger partial charge in [-0.15, -0.1) is 0 Å². The summed E-state index contributed by atoms with van der Waals surface area (Å²) in [4.78, 5) is 26.2. The van der Waals surface area contributed by atoms with Crippen LogP contribution in [0.3, 0.4) is 0 Å². The summed E-state index contributed by atoms with van der Waals surface area (Å²) < 4.78 is 19.5. The number of halogens is 1. The Bertz CT molecular complexity index is 1130. The molecule has 2 aliphatic rings. The fourth-order valence-electron chi connectivity index (χ4n) is 4.64. The average molecular weight is 531 g/mol. The number of amides is 1. The molecule has 2 aromatic carbocycles. The van der Waals surface area contributed by atoms with Gasteiger partial charge in [0.25, 0.3) is 0 Å². The van der Waals surface area contributed by atoms with Gasteiger partial charge in [-0.2, -0.15) is 0 Å². The van der Waals surface area contributed by atoms with E-state index in [1.165, 1.54) is 5.56 Å². The first-order chi connectivity index (χ1) is 17.3. The second-order valence-electron chi connectivity index (χ2n) is 9.17. The van der Waals surface area contributed by atoms with Gasteiger partial charge >= 0.3 is 11.9 Å². The van der Waals surface area contributed by atoms with Crippen LogP contribution in [-0.4, -0.2) is 59.7 Å². The maximum absolute atomic E-state index is 12.8. The van der Waals surface area contributed by atoms with E-state index in [0.29, 0.717) is 42.7 Å². The van der Waals surface area contributed by atoms with Crippen molar-refractivity contribution in [3.8, 4) is 11.5 Å². The Labute approximate surface area is 223 Å². The van der Waals surface area contributed by atoms with Crippen molar-refractivity contribution in [3.63, 3.8) is 0 Å². The van der Waals surface area contributed by atoms with Gasteiger partial charge in [-0.1, -0.05) is 18.2 Å². The van der Waals surface area contributed by atoms with Gasteiger partial charge in [-0.25, -0.2) is 4.79 Å². The summed E-state index contributed by atoms with van der Waals surface area (Å²) in [5.74, 6) is 1.22. The third-order valence-electron chi connectivity index (χ3n) is 6.68. The van der Waals surface area contributed by atoms with Gasteiger partial charge in [0, 0.05) is 44.8 Å². The molecule has 1 fully saturated rings. The van der Waals surface area contributed by atoms with Gasteiger partial charge < -0.3 is 31.5 Å². The Morgan fingerprint density at radius 3 is 2.35 bits per heavy atom. The van der Waals surface area contributed by atoms with E-state index in [4.69, 9.17) is 25.7 Å². The van der Waals surface area contributed by atoms with Crippen LogP contribution in [0.4, 0.5) is 0 Å². The minimum absolute atomic E-state index is 0. The number of nitrogens with zero attached hydrogens (tertiary/aromatic N) is 2. The first-order valence-corrected chi connectivity index (χ1v) is 12.4.